The molecule has 1 aliphatic heterocycles. The molecule has 0 saturated heterocycles. The first-order valence-corrected chi connectivity index (χ1v) is 13.6. The summed E-state index contributed by atoms with van der Waals surface area (Å²) in [5, 5.41) is 4.13. The smallest absolute Gasteiger partial charge is 0.0382 e. The first-order valence-electron chi connectivity index (χ1n) is 12.8. The zero-order valence-electron chi connectivity index (χ0n) is 21.1. The van der Waals surface area contributed by atoms with Crippen LogP contribution in [-0.4, -0.2) is 0 Å². The van der Waals surface area contributed by atoms with E-state index in [0.717, 1.165) is 24.9 Å². The van der Waals surface area contributed by atoms with Crippen molar-refractivity contribution in [2.24, 2.45) is 0 Å². The van der Waals surface area contributed by atoms with Gasteiger partial charge in [-0.05, 0) is 84.7 Å². The predicted octanol–water partition coefficient (Wildman–Crippen LogP) is 9.97. The third-order valence-electron chi connectivity index (χ3n) is 6.90. The van der Waals surface area contributed by atoms with Crippen LogP contribution < -0.4 is 5.32 Å². The van der Waals surface area contributed by atoms with Gasteiger partial charge in [-0.1, -0.05) is 97.1 Å². The average Bonchev–Trinajstić information content (AvgIpc) is 3.44. The van der Waals surface area contributed by atoms with E-state index in [-0.39, 0.29) is 0 Å². The molecule has 1 heterocycles. The van der Waals surface area contributed by atoms with Crippen molar-refractivity contribution in [3.63, 3.8) is 0 Å². The molecule has 0 spiro atoms. The zero-order chi connectivity index (χ0) is 24.7. The van der Waals surface area contributed by atoms with Gasteiger partial charge in [0.1, 0.15) is 0 Å². The molecular formula is C34H33NS. The second-order valence-electron chi connectivity index (χ2n) is 9.47. The maximum atomic E-state index is 3.63. The van der Waals surface area contributed by atoms with Crippen LogP contribution in [-0.2, 0) is 0 Å². The Labute approximate surface area is 220 Å². The Morgan fingerprint density at radius 2 is 1.47 bits per heavy atom. The van der Waals surface area contributed by atoms with E-state index in [1.54, 1.807) is 0 Å². The number of hydrogen-bond acceptors (Lipinski definition) is 2. The summed E-state index contributed by atoms with van der Waals surface area (Å²) in [5.74, 6) is 0. The lowest BCUT2D eigenvalue weighted by Gasteiger charge is -2.18. The predicted molar refractivity (Wildman–Crippen MR) is 159 cm³/mol. The van der Waals surface area contributed by atoms with Crippen LogP contribution >= 0.6 is 11.8 Å². The molecule has 1 atom stereocenters. The molecular weight excluding hydrogens is 454 g/mol. The molecule has 0 bridgehead atoms. The van der Waals surface area contributed by atoms with Crippen LogP contribution in [0, 0.1) is 0 Å². The van der Waals surface area contributed by atoms with Gasteiger partial charge in [0.2, 0.25) is 0 Å². The zero-order valence-corrected chi connectivity index (χ0v) is 21.9. The number of allylic oxidation sites excluding steroid dienone is 9. The standard InChI is InChI=1S/C34H33NS/c1-25(27-9-5-3-6-10-27)13-14-26(2)28-15-19-31(20-16-28)35-32-21-17-30(18-22-32)34-24-23-33(36-34)29-11-7-4-8-12-29/h3-15,17-19,21-23,34-35H,16,20,24H2,1-2H3/b25-13+,26-14+. The van der Waals surface area contributed by atoms with Crippen molar-refractivity contribution in [2.45, 2.75) is 38.4 Å². The van der Waals surface area contributed by atoms with Crippen molar-refractivity contribution >= 4 is 27.9 Å². The molecule has 0 fully saturated rings. The summed E-state index contributed by atoms with van der Waals surface area (Å²) in [4.78, 5) is 1.40. The Bertz CT molecular complexity index is 1340. The molecule has 3 aromatic rings. The fraction of sp³-hybridized carbons (Fsp3) is 0.176. The Morgan fingerprint density at radius 1 is 0.778 bits per heavy atom. The van der Waals surface area contributed by atoms with E-state index in [0.29, 0.717) is 5.25 Å². The van der Waals surface area contributed by atoms with Gasteiger partial charge >= 0.3 is 0 Å². The van der Waals surface area contributed by atoms with E-state index in [4.69, 9.17) is 0 Å². The topological polar surface area (TPSA) is 12.0 Å². The molecule has 2 heteroatoms. The van der Waals surface area contributed by atoms with E-state index in [1.807, 2.05) is 11.8 Å². The minimum absolute atomic E-state index is 0.503. The first-order chi connectivity index (χ1) is 17.7. The van der Waals surface area contributed by atoms with Crippen molar-refractivity contribution in [1.82, 2.24) is 0 Å². The molecule has 5 rings (SSSR count). The number of benzene rings is 3. The maximum Gasteiger partial charge on any atom is 0.0382 e. The van der Waals surface area contributed by atoms with Gasteiger partial charge in [0.15, 0.2) is 0 Å². The summed E-state index contributed by atoms with van der Waals surface area (Å²) in [7, 11) is 0. The number of thioether (sulfide) groups is 1. The number of rotatable bonds is 7. The van der Waals surface area contributed by atoms with Gasteiger partial charge in [-0.15, -0.1) is 11.8 Å². The molecule has 0 radical (unpaired) electrons. The van der Waals surface area contributed by atoms with Gasteiger partial charge < -0.3 is 5.32 Å². The van der Waals surface area contributed by atoms with Crippen molar-refractivity contribution in [1.29, 1.82) is 0 Å². The molecule has 2 aliphatic rings. The summed E-state index contributed by atoms with van der Waals surface area (Å²) >= 11 is 1.98. The second kappa shape index (κ2) is 11.5. The summed E-state index contributed by atoms with van der Waals surface area (Å²) in [6.45, 7) is 4.39. The molecule has 1 unspecified atom stereocenters. The Hall–Kier alpha value is -3.49. The van der Waals surface area contributed by atoms with Crippen molar-refractivity contribution in [3.05, 3.63) is 149 Å². The highest BCUT2D eigenvalue weighted by Crippen LogP contribution is 2.48. The highest BCUT2D eigenvalue weighted by molar-refractivity contribution is 8.08. The molecule has 36 heavy (non-hydrogen) atoms. The quantitative estimate of drug-likeness (QED) is 0.333. The van der Waals surface area contributed by atoms with E-state index in [2.05, 4.69) is 134 Å². The third-order valence-corrected chi connectivity index (χ3v) is 8.31. The Balaban J connectivity index is 1.18. The molecule has 1 nitrogen and oxygen atoms in total. The van der Waals surface area contributed by atoms with Crippen LogP contribution in [0.15, 0.2) is 132 Å². The number of anilines is 1. The van der Waals surface area contributed by atoms with Crippen molar-refractivity contribution in [3.8, 4) is 0 Å². The van der Waals surface area contributed by atoms with Gasteiger partial charge in [0, 0.05) is 21.5 Å². The lowest BCUT2D eigenvalue weighted by Crippen LogP contribution is -2.04. The van der Waals surface area contributed by atoms with Crippen molar-refractivity contribution < 1.29 is 0 Å². The van der Waals surface area contributed by atoms with Crippen LogP contribution in [0.3, 0.4) is 0 Å². The highest BCUT2D eigenvalue weighted by Gasteiger charge is 2.20. The van der Waals surface area contributed by atoms with Crippen molar-refractivity contribution in [2.75, 3.05) is 5.32 Å². The van der Waals surface area contributed by atoms with E-state index in [1.165, 1.54) is 44.0 Å². The van der Waals surface area contributed by atoms with E-state index < -0.39 is 0 Å². The molecule has 1 N–H and O–H groups in total. The SMILES string of the molecule is C/C(=C\C=C(/C)c1ccccc1)C1=CC=C(Nc2ccc(C3CC=C(c4ccccc4)S3)cc2)CC1. The lowest BCUT2D eigenvalue weighted by atomic mass is 9.95. The van der Waals surface area contributed by atoms with Gasteiger partial charge in [0.05, 0.1) is 0 Å². The van der Waals surface area contributed by atoms with Gasteiger partial charge in [-0.2, -0.15) is 0 Å². The van der Waals surface area contributed by atoms with E-state index in [9.17, 15) is 0 Å². The summed E-state index contributed by atoms with van der Waals surface area (Å²) in [5.41, 5.74) is 10.5. The Morgan fingerprint density at radius 3 is 2.17 bits per heavy atom. The van der Waals surface area contributed by atoms with E-state index >= 15 is 0 Å². The molecule has 0 amide bonds. The van der Waals surface area contributed by atoms with Crippen LogP contribution in [0.25, 0.3) is 10.5 Å². The highest BCUT2D eigenvalue weighted by atomic mass is 32.2. The lowest BCUT2D eigenvalue weighted by molar-refractivity contribution is 0.916. The molecule has 180 valence electrons. The van der Waals surface area contributed by atoms with Crippen LogP contribution in [0.2, 0.25) is 0 Å². The third kappa shape index (κ3) is 6.01. The van der Waals surface area contributed by atoms with Gasteiger partial charge in [-0.3, -0.25) is 0 Å². The summed E-state index contributed by atoms with van der Waals surface area (Å²) in [6.07, 6.45) is 14.5. The van der Waals surface area contributed by atoms with Crippen LogP contribution in [0.4, 0.5) is 5.69 Å². The Kier molecular flexibility index (Phi) is 7.73. The molecule has 0 aromatic heterocycles. The normalized spacial score (nSPS) is 18.4. The number of nitrogens with one attached hydrogen (secondary N) is 1. The molecule has 0 saturated carbocycles. The van der Waals surface area contributed by atoms with Crippen LogP contribution in [0.5, 0.6) is 0 Å². The summed E-state index contributed by atoms with van der Waals surface area (Å²) in [6, 6.07) is 30.3. The fourth-order valence-electron chi connectivity index (χ4n) is 4.65. The van der Waals surface area contributed by atoms with Gasteiger partial charge in [0.25, 0.3) is 0 Å². The van der Waals surface area contributed by atoms with Crippen LogP contribution in [0.1, 0.15) is 55.1 Å². The average molecular weight is 488 g/mol. The fourth-order valence-corrected chi connectivity index (χ4v) is 5.90. The minimum atomic E-state index is 0.503. The molecule has 1 aliphatic carbocycles. The monoisotopic (exact) mass is 487 g/mol. The minimum Gasteiger partial charge on any atom is -0.359 e. The number of hydrogen-bond donors (Lipinski definition) is 1. The second-order valence-corrected chi connectivity index (χ2v) is 10.7. The summed E-state index contributed by atoms with van der Waals surface area (Å²) < 4.78 is 0. The maximum absolute atomic E-state index is 3.63. The first kappa shape index (κ1) is 24.2. The van der Waals surface area contributed by atoms with Gasteiger partial charge in [-0.25, -0.2) is 0 Å². The largest absolute Gasteiger partial charge is 0.359 e. The molecule has 3 aromatic carbocycles.